The summed E-state index contributed by atoms with van der Waals surface area (Å²) in [5.74, 6) is -0.214. The number of H-pyrrole nitrogens is 1. The van der Waals surface area contributed by atoms with Crippen molar-refractivity contribution < 1.29 is 9.90 Å². The molecule has 0 atom stereocenters. The molecule has 5 heteroatoms. The molecule has 0 radical (unpaired) electrons. The number of aromatic amines is 1. The molecule has 5 nitrogen and oxygen atoms in total. The van der Waals surface area contributed by atoms with Gasteiger partial charge in [-0.05, 0) is 25.3 Å². The van der Waals surface area contributed by atoms with Crippen molar-refractivity contribution in [2.45, 2.75) is 51.0 Å². The van der Waals surface area contributed by atoms with Crippen molar-refractivity contribution in [3.8, 4) is 0 Å². The van der Waals surface area contributed by atoms with Crippen molar-refractivity contribution in [2.24, 2.45) is 0 Å². The molecule has 1 aliphatic carbocycles. The molecule has 3 N–H and O–H groups in total. The first-order valence-corrected chi connectivity index (χ1v) is 6.68. The Labute approximate surface area is 107 Å². The Bertz CT molecular complexity index is 408. The van der Waals surface area contributed by atoms with Crippen LogP contribution in [0.4, 0.5) is 0 Å². The summed E-state index contributed by atoms with van der Waals surface area (Å²) in [7, 11) is 0. The summed E-state index contributed by atoms with van der Waals surface area (Å²) in [6.45, 7) is 2.40. The number of nitrogens with one attached hydrogen (secondary N) is 2. The number of rotatable bonds is 5. The third-order valence-electron chi connectivity index (χ3n) is 3.50. The number of nitrogens with zero attached hydrogens (tertiary/aromatic N) is 1. The highest BCUT2D eigenvalue weighted by molar-refractivity contribution is 5.92. The summed E-state index contributed by atoms with van der Waals surface area (Å²) < 4.78 is 0. The average Bonchev–Trinajstić information content (AvgIpc) is 2.97. The molecule has 1 heterocycles. The quantitative estimate of drug-likeness (QED) is 0.740. The first kappa shape index (κ1) is 13.1. The molecule has 0 saturated heterocycles. The van der Waals surface area contributed by atoms with Crippen LogP contribution in [-0.4, -0.2) is 33.4 Å². The van der Waals surface area contributed by atoms with Crippen LogP contribution in [0.1, 0.15) is 55.2 Å². The maximum Gasteiger partial charge on any atom is 0.271 e. The minimum Gasteiger partial charge on any atom is -0.388 e. The lowest BCUT2D eigenvalue weighted by atomic mass is 10.0. The van der Waals surface area contributed by atoms with Gasteiger partial charge < -0.3 is 10.4 Å². The minimum atomic E-state index is -0.710. The summed E-state index contributed by atoms with van der Waals surface area (Å²) in [6.07, 6.45) is 5.53. The predicted molar refractivity (Wildman–Crippen MR) is 68.3 cm³/mol. The van der Waals surface area contributed by atoms with Crippen LogP contribution in [0.2, 0.25) is 0 Å². The summed E-state index contributed by atoms with van der Waals surface area (Å²) in [4.78, 5) is 11.9. The number of aromatic nitrogens is 2. The lowest BCUT2D eigenvalue weighted by Gasteiger charge is -2.21. The number of carbonyl (C=O) groups excluding carboxylic acids is 1. The number of amides is 1. The Balaban J connectivity index is 1.87. The van der Waals surface area contributed by atoms with Gasteiger partial charge in [-0.1, -0.05) is 26.2 Å². The molecular formula is C13H21N3O2. The molecule has 1 saturated carbocycles. The van der Waals surface area contributed by atoms with Crippen molar-refractivity contribution in [2.75, 3.05) is 6.54 Å². The second kappa shape index (κ2) is 5.52. The SMILES string of the molecule is CCCc1cc(C(=O)NCC2(O)CCCC2)n[nH]1. The van der Waals surface area contributed by atoms with Gasteiger partial charge in [0.2, 0.25) is 0 Å². The van der Waals surface area contributed by atoms with Crippen molar-refractivity contribution in [1.29, 1.82) is 0 Å². The summed E-state index contributed by atoms with van der Waals surface area (Å²) in [6, 6.07) is 1.78. The summed E-state index contributed by atoms with van der Waals surface area (Å²) >= 11 is 0. The third kappa shape index (κ3) is 3.10. The maximum atomic E-state index is 11.9. The maximum absolute atomic E-state index is 11.9. The molecule has 0 unspecified atom stereocenters. The Kier molecular flexibility index (Phi) is 4.01. The van der Waals surface area contributed by atoms with E-state index in [0.29, 0.717) is 12.2 Å². The lowest BCUT2D eigenvalue weighted by molar-refractivity contribution is 0.0448. The topological polar surface area (TPSA) is 78.0 Å². The van der Waals surface area contributed by atoms with Crippen LogP contribution in [0, 0.1) is 0 Å². The first-order valence-electron chi connectivity index (χ1n) is 6.68. The van der Waals surface area contributed by atoms with E-state index in [1.807, 2.05) is 0 Å². The highest BCUT2D eigenvalue weighted by Crippen LogP contribution is 2.28. The molecule has 0 aromatic carbocycles. The highest BCUT2D eigenvalue weighted by Gasteiger charge is 2.31. The Morgan fingerprint density at radius 2 is 2.28 bits per heavy atom. The molecule has 1 amide bonds. The van der Waals surface area contributed by atoms with Gasteiger partial charge in [0.15, 0.2) is 0 Å². The molecule has 0 bridgehead atoms. The zero-order chi connectivity index (χ0) is 13.0. The number of aryl methyl sites for hydroxylation is 1. The van der Waals surface area contributed by atoms with E-state index in [2.05, 4.69) is 22.4 Å². The van der Waals surface area contributed by atoms with Gasteiger partial charge in [0.05, 0.1) is 5.60 Å². The van der Waals surface area contributed by atoms with Gasteiger partial charge in [-0.2, -0.15) is 5.10 Å². The molecule has 2 rings (SSSR count). The second-order valence-electron chi connectivity index (χ2n) is 5.14. The number of hydrogen-bond acceptors (Lipinski definition) is 3. The van der Waals surface area contributed by atoms with Crippen molar-refractivity contribution >= 4 is 5.91 Å². The minimum absolute atomic E-state index is 0.214. The van der Waals surface area contributed by atoms with Crippen molar-refractivity contribution in [3.63, 3.8) is 0 Å². The van der Waals surface area contributed by atoms with E-state index < -0.39 is 5.60 Å². The number of aliphatic hydroxyl groups is 1. The van der Waals surface area contributed by atoms with Crippen LogP contribution in [0.3, 0.4) is 0 Å². The largest absolute Gasteiger partial charge is 0.388 e. The number of hydrogen-bond donors (Lipinski definition) is 3. The van der Waals surface area contributed by atoms with Crippen LogP contribution in [-0.2, 0) is 6.42 Å². The van der Waals surface area contributed by atoms with E-state index in [1.165, 1.54) is 0 Å². The molecule has 100 valence electrons. The average molecular weight is 251 g/mol. The normalized spacial score (nSPS) is 17.9. The summed E-state index contributed by atoms with van der Waals surface area (Å²) in [5, 5.41) is 19.7. The fraction of sp³-hybridized carbons (Fsp3) is 0.692. The van der Waals surface area contributed by atoms with Gasteiger partial charge in [-0.25, -0.2) is 0 Å². The fourth-order valence-electron chi connectivity index (χ4n) is 2.42. The zero-order valence-corrected chi connectivity index (χ0v) is 10.8. The fourth-order valence-corrected chi connectivity index (χ4v) is 2.42. The van der Waals surface area contributed by atoms with Gasteiger partial charge in [-0.3, -0.25) is 9.89 Å². The molecule has 18 heavy (non-hydrogen) atoms. The molecular weight excluding hydrogens is 230 g/mol. The van der Waals surface area contributed by atoms with E-state index in [1.54, 1.807) is 6.07 Å². The van der Waals surface area contributed by atoms with Gasteiger partial charge in [-0.15, -0.1) is 0 Å². The smallest absolute Gasteiger partial charge is 0.271 e. The molecule has 1 aliphatic rings. The third-order valence-corrected chi connectivity index (χ3v) is 3.50. The Morgan fingerprint density at radius 3 is 2.94 bits per heavy atom. The van der Waals surface area contributed by atoms with E-state index in [9.17, 15) is 9.90 Å². The van der Waals surface area contributed by atoms with Gasteiger partial charge in [0.1, 0.15) is 5.69 Å². The van der Waals surface area contributed by atoms with Crippen LogP contribution < -0.4 is 5.32 Å². The lowest BCUT2D eigenvalue weighted by Crippen LogP contribution is -2.40. The molecule has 0 spiro atoms. The van der Waals surface area contributed by atoms with E-state index in [4.69, 9.17) is 0 Å². The molecule has 1 aromatic heterocycles. The zero-order valence-electron chi connectivity index (χ0n) is 10.8. The Hall–Kier alpha value is -1.36. The van der Waals surface area contributed by atoms with Crippen LogP contribution in [0.15, 0.2) is 6.07 Å². The van der Waals surface area contributed by atoms with Crippen molar-refractivity contribution in [3.05, 3.63) is 17.5 Å². The summed E-state index contributed by atoms with van der Waals surface area (Å²) in [5.41, 5.74) is 0.667. The first-order chi connectivity index (χ1) is 8.63. The van der Waals surface area contributed by atoms with E-state index in [-0.39, 0.29) is 5.91 Å². The monoisotopic (exact) mass is 251 g/mol. The van der Waals surface area contributed by atoms with Crippen molar-refractivity contribution in [1.82, 2.24) is 15.5 Å². The van der Waals surface area contributed by atoms with E-state index >= 15 is 0 Å². The Morgan fingerprint density at radius 1 is 1.56 bits per heavy atom. The van der Waals surface area contributed by atoms with E-state index in [0.717, 1.165) is 44.2 Å². The standard InChI is InChI=1S/C13H21N3O2/c1-2-5-10-8-11(16-15-10)12(17)14-9-13(18)6-3-4-7-13/h8,18H,2-7,9H2,1H3,(H,14,17)(H,15,16). The van der Waals surface area contributed by atoms with Crippen LogP contribution in [0.25, 0.3) is 0 Å². The molecule has 0 aliphatic heterocycles. The van der Waals surface area contributed by atoms with Gasteiger partial charge in [0, 0.05) is 12.2 Å². The van der Waals surface area contributed by atoms with Gasteiger partial charge in [0.25, 0.3) is 5.91 Å². The molecule has 1 fully saturated rings. The highest BCUT2D eigenvalue weighted by atomic mass is 16.3. The van der Waals surface area contributed by atoms with Gasteiger partial charge >= 0.3 is 0 Å². The predicted octanol–water partition coefficient (Wildman–Crippen LogP) is 1.40. The second-order valence-corrected chi connectivity index (χ2v) is 5.14. The molecule has 1 aromatic rings. The van der Waals surface area contributed by atoms with Crippen LogP contribution in [0.5, 0.6) is 0 Å². The van der Waals surface area contributed by atoms with Crippen LogP contribution >= 0.6 is 0 Å². The number of carbonyl (C=O) groups is 1.